The molecule has 0 spiro atoms. The summed E-state index contributed by atoms with van der Waals surface area (Å²) in [6.45, 7) is 0.375. The molecule has 0 radical (unpaired) electrons. The Bertz CT molecular complexity index is 1130. The number of non-ortho nitro benzene ring substituents is 1. The second-order valence-corrected chi connectivity index (χ2v) is 5.81. The molecule has 0 unspecified atom stereocenters. The summed E-state index contributed by atoms with van der Waals surface area (Å²) in [4.78, 5) is 14.9. The van der Waals surface area contributed by atoms with Gasteiger partial charge in [0.15, 0.2) is 10.6 Å². The second-order valence-electron chi connectivity index (χ2n) is 5.42. The molecule has 0 amide bonds. The molecule has 0 bridgehead atoms. The van der Waals surface area contributed by atoms with E-state index < -0.39 is 4.92 Å². The zero-order chi connectivity index (χ0) is 17.4. The Morgan fingerprint density at radius 3 is 2.76 bits per heavy atom. The average molecular weight is 352 g/mol. The van der Waals surface area contributed by atoms with Crippen LogP contribution in [-0.2, 0) is 6.54 Å². The Morgan fingerprint density at radius 2 is 2.00 bits per heavy atom. The number of nitrogens with one attached hydrogen (secondary N) is 1. The summed E-state index contributed by atoms with van der Waals surface area (Å²) in [5, 5.41) is 18.1. The van der Waals surface area contributed by atoms with Crippen LogP contribution in [0.3, 0.4) is 0 Å². The van der Waals surface area contributed by atoms with Crippen molar-refractivity contribution in [3.63, 3.8) is 0 Å². The van der Waals surface area contributed by atoms with Gasteiger partial charge < -0.3 is 4.57 Å². The van der Waals surface area contributed by atoms with Gasteiger partial charge in [-0.3, -0.25) is 19.8 Å². The maximum Gasteiger partial charge on any atom is 0.271 e. The highest BCUT2D eigenvalue weighted by molar-refractivity contribution is 7.71. The van der Waals surface area contributed by atoms with Crippen molar-refractivity contribution in [2.75, 3.05) is 0 Å². The third-order valence-corrected chi connectivity index (χ3v) is 4.16. The maximum absolute atomic E-state index is 11.0. The molecule has 25 heavy (non-hydrogen) atoms. The number of nitrogens with zero attached hydrogens (tertiary/aromatic N) is 5. The smallest absolute Gasteiger partial charge is 0.271 e. The van der Waals surface area contributed by atoms with Crippen LogP contribution in [0.1, 0.15) is 5.82 Å². The summed E-state index contributed by atoms with van der Waals surface area (Å²) in [6.07, 6.45) is 1.64. The lowest BCUT2D eigenvalue weighted by molar-refractivity contribution is -0.384. The lowest BCUT2D eigenvalue weighted by Gasteiger charge is -2.08. The number of para-hydroxylation sites is 1. The third-order valence-electron chi connectivity index (χ3n) is 3.88. The Labute approximate surface area is 146 Å². The highest BCUT2D eigenvalue weighted by atomic mass is 32.1. The monoisotopic (exact) mass is 352 g/mol. The van der Waals surface area contributed by atoms with Gasteiger partial charge in [0.2, 0.25) is 0 Å². The van der Waals surface area contributed by atoms with Crippen LogP contribution in [0.4, 0.5) is 5.69 Å². The summed E-state index contributed by atoms with van der Waals surface area (Å²) < 4.78 is 4.13. The quantitative estimate of drug-likeness (QED) is 0.346. The molecule has 1 N–H and O–H groups in total. The van der Waals surface area contributed by atoms with Crippen molar-refractivity contribution in [3.05, 3.63) is 75.6 Å². The predicted octanol–water partition coefficient (Wildman–Crippen LogP) is 3.24. The van der Waals surface area contributed by atoms with Crippen molar-refractivity contribution < 1.29 is 4.92 Å². The summed E-state index contributed by atoms with van der Waals surface area (Å²) in [6, 6.07) is 14.2. The van der Waals surface area contributed by atoms with E-state index in [2.05, 4.69) is 15.2 Å². The van der Waals surface area contributed by atoms with Gasteiger partial charge in [0.05, 0.1) is 28.8 Å². The lowest BCUT2D eigenvalue weighted by Crippen LogP contribution is -2.07. The van der Waals surface area contributed by atoms with Crippen molar-refractivity contribution >= 4 is 28.9 Å². The normalized spacial score (nSPS) is 11.0. The van der Waals surface area contributed by atoms with Gasteiger partial charge in [-0.25, -0.2) is 4.98 Å². The van der Waals surface area contributed by atoms with E-state index in [1.165, 1.54) is 12.1 Å². The molecule has 8 nitrogen and oxygen atoms in total. The first kappa shape index (κ1) is 15.2. The van der Waals surface area contributed by atoms with Crippen molar-refractivity contribution in [3.8, 4) is 5.69 Å². The fraction of sp³-hybridized carbons (Fsp3) is 0.0625. The Balaban J connectivity index is 1.79. The van der Waals surface area contributed by atoms with Gasteiger partial charge in [-0.1, -0.05) is 18.2 Å². The van der Waals surface area contributed by atoms with Crippen LogP contribution >= 0.6 is 12.2 Å². The number of rotatable bonds is 4. The van der Waals surface area contributed by atoms with E-state index >= 15 is 0 Å². The first-order valence-corrected chi connectivity index (χ1v) is 7.85. The molecule has 2 aromatic carbocycles. The first-order valence-electron chi connectivity index (χ1n) is 7.44. The number of fused-ring (bicyclic) bond motifs is 1. The Kier molecular flexibility index (Phi) is 3.62. The standard InChI is InChI=1S/C16H12N6O2S/c23-22(24)12-6-7-13-14(8-12)20(10-17-13)9-15-18-19-16(25)21(15)11-4-2-1-3-5-11/h1-8,10H,9H2,(H,19,25). The zero-order valence-electron chi connectivity index (χ0n) is 12.9. The van der Waals surface area contributed by atoms with E-state index in [0.717, 1.165) is 5.69 Å². The number of hydrogen-bond donors (Lipinski definition) is 1. The number of aromatic amines is 1. The minimum absolute atomic E-state index is 0.0242. The van der Waals surface area contributed by atoms with E-state index in [9.17, 15) is 10.1 Å². The molecule has 0 aliphatic heterocycles. The number of nitro benzene ring substituents is 1. The molecule has 2 heterocycles. The van der Waals surface area contributed by atoms with Crippen LogP contribution in [-0.4, -0.2) is 29.2 Å². The molecule has 0 saturated heterocycles. The van der Waals surface area contributed by atoms with Gasteiger partial charge in [0.25, 0.3) is 5.69 Å². The van der Waals surface area contributed by atoms with Crippen LogP contribution < -0.4 is 0 Å². The SMILES string of the molecule is O=[N+]([O-])c1ccc2ncn(Cc3n[nH]c(=S)n3-c3ccccc3)c2c1. The topological polar surface area (TPSA) is 94.6 Å². The Hall–Kier alpha value is -3.33. The largest absolute Gasteiger partial charge is 0.323 e. The summed E-state index contributed by atoms with van der Waals surface area (Å²) in [5.41, 5.74) is 2.27. The minimum Gasteiger partial charge on any atom is -0.323 e. The molecule has 0 aliphatic rings. The number of H-pyrrole nitrogens is 1. The minimum atomic E-state index is -0.420. The molecule has 0 atom stereocenters. The highest BCUT2D eigenvalue weighted by Gasteiger charge is 2.13. The van der Waals surface area contributed by atoms with Crippen molar-refractivity contribution in [1.82, 2.24) is 24.3 Å². The van der Waals surface area contributed by atoms with Gasteiger partial charge in [0, 0.05) is 17.8 Å². The van der Waals surface area contributed by atoms with E-state index in [0.29, 0.717) is 28.2 Å². The van der Waals surface area contributed by atoms with E-state index in [-0.39, 0.29) is 5.69 Å². The number of nitro groups is 1. The van der Waals surface area contributed by atoms with E-state index in [1.54, 1.807) is 12.4 Å². The fourth-order valence-corrected chi connectivity index (χ4v) is 2.97. The molecule has 0 fully saturated rings. The van der Waals surface area contributed by atoms with E-state index in [1.807, 2.05) is 39.5 Å². The zero-order valence-corrected chi connectivity index (χ0v) is 13.7. The van der Waals surface area contributed by atoms with Crippen LogP contribution in [0.5, 0.6) is 0 Å². The summed E-state index contributed by atoms with van der Waals surface area (Å²) in [5.74, 6) is 0.682. The number of aromatic nitrogens is 5. The first-order chi connectivity index (χ1) is 12.1. The van der Waals surface area contributed by atoms with Crippen LogP contribution in [0, 0.1) is 14.9 Å². The van der Waals surface area contributed by atoms with Crippen molar-refractivity contribution in [2.45, 2.75) is 6.54 Å². The molecule has 0 aliphatic carbocycles. The van der Waals surface area contributed by atoms with Gasteiger partial charge in [-0.15, -0.1) is 0 Å². The Morgan fingerprint density at radius 1 is 1.20 bits per heavy atom. The van der Waals surface area contributed by atoms with Crippen LogP contribution in [0.2, 0.25) is 0 Å². The molecule has 2 aromatic heterocycles. The van der Waals surface area contributed by atoms with Crippen LogP contribution in [0.25, 0.3) is 16.7 Å². The molecule has 124 valence electrons. The molecule has 9 heteroatoms. The second kappa shape index (κ2) is 5.95. The summed E-state index contributed by atoms with van der Waals surface area (Å²) >= 11 is 5.33. The molecule has 0 saturated carbocycles. The van der Waals surface area contributed by atoms with Crippen molar-refractivity contribution in [1.29, 1.82) is 0 Å². The van der Waals surface area contributed by atoms with Gasteiger partial charge in [-0.05, 0) is 30.4 Å². The molecule has 4 rings (SSSR count). The number of benzene rings is 2. The molecular weight excluding hydrogens is 340 g/mol. The molecule has 4 aromatic rings. The van der Waals surface area contributed by atoms with Crippen LogP contribution in [0.15, 0.2) is 54.9 Å². The fourth-order valence-electron chi connectivity index (χ4n) is 2.72. The lowest BCUT2D eigenvalue weighted by atomic mass is 10.3. The summed E-state index contributed by atoms with van der Waals surface area (Å²) in [7, 11) is 0. The number of imidazole rings is 1. The third kappa shape index (κ3) is 2.70. The van der Waals surface area contributed by atoms with Crippen molar-refractivity contribution in [2.24, 2.45) is 0 Å². The number of hydrogen-bond acceptors (Lipinski definition) is 5. The van der Waals surface area contributed by atoms with E-state index in [4.69, 9.17) is 12.2 Å². The highest BCUT2D eigenvalue weighted by Crippen LogP contribution is 2.21. The predicted molar refractivity (Wildman–Crippen MR) is 94.2 cm³/mol. The van der Waals surface area contributed by atoms with Gasteiger partial charge in [0.1, 0.15) is 0 Å². The average Bonchev–Trinajstić information content (AvgIpc) is 3.19. The maximum atomic E-state index is 11.0. The van der Waals surface area contributed by atoms with Gasteiger partial charge >= 0.3 is 0 Å². The van der Waals surface area contributed by atoms with Gasteiger partial charge in [-0.2, -0.15) is 5.10 Å². The molecular formula is C16H12N6O2S.